The summed E-state index contributed by atoms with van der Waals surface area (Å²) in [5.74, 6) is -0.711. The summed E-state index contributed by atoms with van der Waals surface area (Å²) >= 11 is 1.41. The molecule has 174 valence electrons. The Morgan fingerprint density at radius 1 is 1.24 bits per heavy atom. The van der Waals surface area contributed by atoms with Gasteiger partial charge in [0.2, 0.25) is 5.71 Å². The smallest absolute Gasteiger partial charge is 0.342 e. The molecule has 0 unspecified atom stereocenters. The number of ether oxygens (including phenoxy) is 2. The minimum absolute atomic E-state index is 0.00933. The summed E-state index contributed by atoms with van der Waals surface area (Å²) in [5.41, 5.74) is 6.37. The number of carbonyl (C=O) groups excluding carboxylic acids is 3. The Morgan fingerprint density at radius 3 is 2.67 bits per heavy atom. The Bertz CT molecular complexity index is 1180. The number of nitrogens with zero attached hydrogens (tertiary/aromatic N) is 3. The summed E-state index contributed by atoms with van der Waals surface area (Å²) < 4.78 is 16.0. The fourth-order valence-corrected chi connectivity index (χ4v) is 4.52. The standard InChI is InChI=1S/C22H24N4O6S/c1-3-30-22(29)16-12(2)32-19-17(16)18(23)24-15(25-19)11-31-21(28)13-6-8-26(9-7-13)20(27)14-5-4-10-33-14/h4-5,10,13H,3,6-9,11H2,1-2H3,(H2,23,24,25). The van der Waals surface area contributed by atoms with Gasteiger partial charge >= 0.3 is 11.9 Å². The molecule has 0 aromatic carbocycles. The van der Waals surface area contributed by atoms with Gasteiger partial charge in [-0.25, -0.2) is 9.78 Å². The van der Waals surface area contributed by atoms with Crippen molar-refractivity contribution in [2.75, 3.05) is 25.4 Å². The minimum atomic E-state index is -0.563. The zero-order chi connectivity index (χ0) is 23.5. The van der Waals surface area contributed by atoms with Gasteiger partial charge in [0.15, 0.2) is 12.4 Å². The Balaban J connectivity index is 1.37. The molecule has 33 heavy (non-hydrogen) atoms. The molecule has 1 aliphatic rings. The fraction of sp³-hybridized carbons (Fsp3) is 0.409. The molecular formula is C22H24N4O6S. The first-order chi connectivity index (χ1) is 15.9. The van der Waals surface area contributed by atoms with Crippen LogP contribution in [-0.2, 0) is 20.9 Å². The lowest BCUT2D eigenvalue weighted by atomic mass is 9.97. The molecule has 0 aliphatic carbocycles. The van der Waals surface area contributed by atoms with E-state index >= 15 is 0 Å². The summed E-state index contributed by atoms with van der Waals surface area (Å²) in [6, 6.07) is 3.64. The van der Waals surface area contributed by atoms with Gasteiger partial charge in [-0.1, -0.05) is 6.07 Å². The van der Waals surface area contributed by atoms with Crippen LogP contribution in [0.1, 0.15) is 51.4 Å². The largest absolute Gasteiger partial charge is 0.462 e. The number of aromatic nitrogens is 2. The minimum Gasteiger partial charge on any atom is -0.462 e. The SMILES string of the molecule is CCOC(=O)c1c(C)oc2nc(COC(=O)C3CCN(C(=O)c4cccs4)CC3)nc(N)c12. The van der Waals surface area contributed by atoms with Gasteiger partial charge in [-0.15, -0.1) is 11.3 Å². The van der Waals surface area contributed by atoms with Crippen molar-refractivity contribution in [3.63, 3.8) is 0 Å². The summed E-state index contributed by atoms with van der Waals surface area (Å²) in [4.78, 5) is 48.1. The number of furan rings is 1. The quantitative estimate of drug-likeness (QED) is 0.537. The number of nitrogen functional groups attached to an aromatic ring is 1. The number of esters is 2. The third kappa shape index (κ3) is 4.68. The number of amides is 1. The second-order valence-electron chi connectivity index (χ2n) is 7.61. The van der Waals surface area contributed by atoms with Crippen molar-refractivity contribution in [3.05, 3.63) is 39.5 Å². The van der Waals surface area contributed by atoms with Crippen LogP contribution in [0.3, 0.4) is 0 Å². The Morgan fingerprint density at radius 2 is 2.00 bits per heavy atom. The van der Waals surface area contributed by atoms with Gasteiger partial charge in [-0.05, 0) is 38.1 Å². The number of likely N-dealkylation sites (tertiary alicyclic amines) is 1. The number of nitrogens with two attached hydrogens (primary N) is 1. The fourth-order valence-electron chi connectivity index (χ4n) is 3.83. The number of hydrogen-bond donors (Lipinski definition) is 1. The van der Waals surface area contributed by atoms with Crippen LogP contribution in [0.4, 0.5) is 5.82 Å². The summed E-state index contributed by atoms with van der Waals surface area (Å²) in [6.45, 7) is 4.33. The molecule has 1 aliphatic heterocycles. The van der Waals surface area contributed by atoms with E-state index in [1.54, 1.807) is 24.8 Å². The van der Waals surface area contributed by atoms with Crippen molar-refractivity contribution in [1.29, 1.82) is 0 Å². The summed E-state index contributed by atoms with van der Waals surface area (Å²) in [6.07, 6.45) is 1.05. The zero-order valence-corrected chi connectivity index (χ0v) is 19.1. The van der Waals surface area contributed by atoms with E-state index < -0.39 is 5.97 Å². The molecule has 3 aromatic rings. The van der Waals surface area contributed by atoms with Crippen LogP contribution in [0, 0.1) is 12.8 Å². The lowest BCUT2D eigenvalue weighted by molar-refractivity contribution is -0.151. The molecule has 0 saturated carbocycles. The molecular weight excluding hydrogens is 448 g/mol. The van der Waals surface area contributed by atoms with E-state index in [1.165, 1.54) is 11.3 Å². The van der Waals surface area contributed by atoms with Crippen molar-refractivity contribution < 1.29 is 28.3 Å². The molecule has 1 fully saturated rings. The molecule has 0 bridgehead atoms. The van der Waals surface area contributed by atoms with E-state index in [1.807, 2.05) is 11.4 Å². The maximum Gasteiger partial charge on any atom is 0.342 e. The van der Waals surface area contributed by atoms with Crippen molar-refractivity contribution in [2.24, 2.45) is 5.92 Å². The number of piperidine rings is 1. The topological polar surface area (TPSA) is 138 Å². The normalized spacial score (nSPS) is 14.4. The predicted molar refractivity (Wildman–Crippen MR) is 120 cm³/mol. The zero-order valence-electron chi connectivity index (χ0n) is 18.3. The van der Waals surface area contributed by atoms with Gasteiger partial charge in [0, 0.05) is 13.1 Å². The molecule has 1 saturated heterocycles. The van der Waals surface area contributed by atoms with Crippen LogP contribution >= 0.6 is 11.3 Å². The molecule has 1 amide bonds. The molecule has 2 N–H and O–H groups in total. The summed E-state index contributed by atoms with van der Waals surface area (Å²) in [5, 5.41) is 2.15. The molecule has 3 aromatic heterocycles. The monoisotopic (exact) mass is 472 g/mol. The van der Waals surface area contributed by atoms with Crippen molar-refractivity contribution >= 4 is 46.1 Å². The molecule has 0 radical (unpaired) electrons. The number of fused-ring (bicyclic) bond motifs is 1. The second-order valence-corrected chi connectivity index (χ2v) is 8.56. The van der Waals surface area contributed by atoms with E-state index in [9.17, 15) is 14.4 Å². The number of rotatable bonds is 6. The van der Waals surface area contributed by atoms with Gasteiger partial charge in [0.1, 0.15) is 17.1 Å². The highest BCUT2D eigenvalue weighted by atomic mass is 32.1. The Kier molecular flexibility index (Phi) is 6.59. The van der Waals surface area contributed by atoms with Crippen LogP contribution in [-0.4, -0.2) is 52.4 Å². The maximum atomic E-state index is 12.5. The molecule has 4 rings (SSSR count). The average molecular weight is 473 g/mol. The highest BCUT2D eigenvalue weighted by molar-refractivity contribution is 7.12. The highest BCUT2D eigenvalue weighted by Gasteiger charge is 2.30. The van der Waals surface area contributed by atoms with Crippen LogP contribution < -0.4 is 5.73 Å². The van der Waals surface area contributed by atoms with E-state index in [-0.39, 0.29) is 59.3 Å². The Labute approximate surface area is 193 Å². The van der Waals surface area contributed by atoms with Gasteiger partial charge in [0.05, 0.1) is 22.8 Å². The van der Waals surface area contributed by atoms with Gasteiger partial charge in [-0.3, -0.25) is 9.59 Å². The van der Waals surface area contributed by atoms with E-state index in [0.29, 0.717) is 36.6 Å². The first kappa shape index (κ1) is 22.7. The van der Waals surface area contributed by atoms with Crippen LogP contribution in [0.5, 0.6) is 0 Å². The van der Waals surface area contributed by atoms with Crippen LogP contribution in [0.25, 0.3) is 11.1 Å². The highest BCUT2D eigenvalue weighted by Crippen LogP contribution is 2.29. The maximum absolute atomic E-state index is 12.5. The number of aryl methyl sites for hydroxylation is 1. The van der Waals surface area contributed by atoms with Gasteiger partial charge in [0.25, 0.3) is 5.91 Å². The van der Waals surface area contributed by atoms with Gasteiger partial charge < -0.3 is 24.5 Å². The van der Waals surface area contributed by atoms with Crippen molar-refractivity contribution in [2.45, 2.75) is 33.3 Å². The molecule has 0 spiro atoms. The first-order valence-electron chi connectivity index (χ1n) is 10.6. The molecule has 11 heteroatoms. The molecule has 4 heterocycles. The Hall–Kier alpha value is -3.47. The van der Waals surface area contributed by atoms with E-state index in [2.05, 4.69) is 9.97 Å². The first-order valence-corrected chi connectivity index (χ1v) is 11.5. The van der Waals surface area contributed by atoms with Crippen LogP contribution in [0.2, 0.25) is 0 Å². The van der Waals surface area contributed by atoms with Crippen molar-refractivity contribution in [1.82, 2.24) is 14.9 Å². The predicted octanol–water partition coefficient (Wildman–Crippen LogP) is 2.95. The number of anilines is 1. The molecule has 0 atom stereocenters. The molecule has 10 nitrogen and oxygen atoms in total. The lowest BCUT2D eigenvalue weighted by Crippen LogP contribution is -2.40. The third-order valence-electron chi connectivity index (χ3n) is 5.47. The van der Waals surface area contributed by atoms with E-state index in [4.69, 9.17) is 19.6 Å². The van der Waals surface area contributed by atoms with Gasteiger partial charge in [-0.2, -0.15) is 4.98 Å². The number of carbonyl (C=O) groups is 3. The third-order valence-corrected chi connectivity index (χ3v) is 6.33. The van der Waals surface area contributed by atoms with E-state index in [0.717, 1.165) is 0 Å². The second kappa shape index (κ2) is 9.57. The number of thiophene rings is 1. The average Bonchev–Trinajstić information content (AvgIpc) is 3.45. The van der Waals surface area contributed by atoms with Crippen molar-refractivity contribution in [3.8, 4) is 0 Å². The van der Waals surface area contributed by atoms with Crippen LogP contribution in [0.15, 0.2) is 21.9 Å². The number of hydrogen-bond acceptors (Lipinski definition) is 10. The lowest BCUT2D eigenvalue weighted by Gasteiger charge is -2.30. The summed E-state index contributed by atoms with van der Waals surface area (Å²) in [7, 11) is 0.